The van der Waals surface area contributed by atoms with E-state index >= 15 is 0 Å². The summed E-state index contributed by atoms with van der Waals surface area (Å²) in [5.74, 6) is 2.06. The van der Waals surface area contributed by atoms with Crippen LogP contribution < -0.4 is 10.1 Å². The van der Waals surface area contributed by atoms with Crippen LogP contribution in [-0.2, 0) is 12.8 Å². The summed E-state index contributed by atoms with van der Waals surface area (Å²) in [7, 11) is 0. The van der Waals surface area contributed by atoms with Gasteiger partial charge < -0.3 is 14.5 Å². The SMILES string of the molecule is CCNC(Cc1ccco1)c1ccc2c(c1)CCO2. The van der Waals surface area contributed by atoms with Crippen LogP contribution in [0.3, 0.4) is 0 Å². The molecule has 3 nitrogen and oxygen atoms in total. The van der Waals surface area contributed by atoms with Gasteiger partial charge in [0.1, 0.15) is 11.5 Å². The number of hydrogen-bond donors (Lipinski definition) is 1. The van der Waals surface area contributed by atoms with Crippen molar-refractivity contribution in [3.63, 3.8) is 0 Å². The number of benzene rings is 1. The van der Waals surface area contributed by atoms with Gasteiger partial charge in [-0.25, -0.2) is 0 Å². The second kappa shape index (κ2) is 5.49. The maximum absolute atomic E-state index is 5.56. The van der Waals surface area contributed by atoms with Crippen LogP contribution in [0.2, 0.25) is 0 Å². The molecule has 1 aliphatic heterocycles. The van der Waals surface area contributed by atoms with Crippen molar-refractivity contribution in [2.45, 2.75) is 25.8 Å². The van der Waals surface area contributed by atoms with Gasteiger partial charge in [-0.3, -0.25) is 0 Å². The van der Waals surface area contributed by atoms with Gasteiger partial charge in [0.15, 0.2) is 0 Å². The number of ether oxygens (including phenoxy) is 1. The molecule has 0 spiro atoms. The Labute approximate surface area is 113 Å². The first-order chi connectivity index (χ1) is 9.36. The molecular formula is C16H19NO2. The molecule has 1 unspecified atom stereocenters. The summed E-state index contributed by atoms with van der Waals surface area (Å²) in [5, 5.41) is 3.53. The van der Waals surface area contributed by atoms with Crippen molar-refractivity contribution in [1.82, 2.24) is 5.32 Å². The molecule has 100 valence electrons. The Hall–Kier alpha value is -1.74. The first-order valence-corrected chi connectivity index (χ1v) is 6.88. The summed E-state index contributed by atoms with van der Waals surface area (Å²) >= 11 is 0. The normalized spacial score (nSPS) is 15.0. The third-order valence-corrected chi connectivity index (χ3v) is 3.55. The van der Waals surface area contributed by atoms with Gasteiger partial charge in [0.05, 0.1) is 12.9 Å². The van der Waals surface area contributed by atoms with Gasteiger partial charge in [0.25, 0.3) is 0 Å². The molecule has 0 saturated carbocycles. The Bertz CT molecular complexity index is 534. The number of rotatable bonds is 5. The van der Waals surface area contributed by atoms with Crippen LogP contribution in [0.5, 0.6) is 5.75 Å². The fourth-order valence-corrected chi connectivity index (χ4v) is 2.61. The highest BCUT2D eigenvalue weighted by atomic mass is 16.5. The van der Waals surface area contributed by atoms with Gasteiger partial charge in [0.2, 0.25) is 0 Å². The Morgan fingerprint density at radius 1 is 1.32 bits per heavy atom. The van der Waals surface area contributed by atoms with E-state index in [9.17, 15) is 0 Å². The average Bonchev–Trinajstić information content (AvgIpc) is 3.08. The van der Waals surface area contributed by atoms with Crippen LogP contribution in [0.15, 0.2) is 41.0 Å². The predicted octanol–water partition coefficient (Wildman–Crippen LogP) is 3.11. The van der Waals surface area contributed by atoms with Crippen LogP contribution in [0.25, 0.3) is 0 Å². The molecule has 0 aliphatic carbocycles. The molecule has 1 N–H and O–H groups in total. The van der Waals surface area contributed by atoms with Crippen molar-refractivity contribution >= 4 is 0 Å². The molecule has 0 amide bonds. The standard InChI is InChI=1S/C16H19NO2/c1-2-17-15(11-14-4-3-8-18-14)12-5-6-16-13(10-12)7-9-19-16/h3-6,8,10,15,17H,2,7,9,11H2,1H3. The van der Waals surface area contributed by atoms with Gasteiger partial charge in [-0.1, -0.05) is 19.1 Å². The van der Waals surface area contributed by atoms with Gasteiger partial charge in [-0.2, -0.15) is 0 Å². The maximum Gasteiger partial charge on any atom is 0.122 e. The molecule has 1 aliphatic rings. The predicted molar refractivity (Wildman–Crippen MR) is 74.5 cm³/mol. The highest BCUT2D eigenvalue weighted by molar-refractivity contribution is 5.41. The van der Waals surface area contributed by atoms with E-state index in [4.69, 9.17) is 9.15 Å². The third-order valence-electron chi connectivity index (χ3n) is 3.55. The third kappa shape index (κ3) is 2.66. The lowest BCUT2D eigenvalue weighted by atomic mass is 9.99. The Morgan fingerprint density at radius 3 is 3.05 bits per heavy atom. The van der Waals surface area contributed by atoms with E-state index < -0.39 is 0 Å². The van der Waals surface area contributed by atoms with Crippen LogP contribution in [0.4, 0.5) is 0 Å². The molecule has 1 atom stereocenters. The van der Waals surface area contributed by atoms with Crippen molar-refractivity contribution < 1.29 is 9.15 Å². The lowest BCUT2D eigenvalue weighted by molar-refractivity contribution is 0.356. The average molecular weight is 257 g/mol. The topological polar surface area (TPSA) is 34.4 Å². The number of fused-ring (bicyclic) bond motifs is 1. The number of nitrogens with one attached hydrogen (secondary N) is 1. The first-order valence-electron chi connectivity index (χ1n) is 6.88. The van der Waals surface area contributed by atoms with Crippen LogP contribution in [-0.4, -0.2) is 13.2 Å². The summed E-state index contributed by atoms with van der Waals surface area (Å²) in [6.45, 7) is 3.88. The second-order valence-electron chi connectivity index (χ2n) is 4.86. The Kier molecular flexibility index (Phi) is 3.56. The van der Waals surface area contributed by atoms with Crippen LogP contribution >= 0.6 is 0 Å². The lowest BCUT2D eigenvalue weighted by Gasteiger charge is -2.18. The minimum Gasteiger partial charge on any atom is -0.493 e. The molecule has 19 heavy (non-hydrogen) atoms. The van der Waals surface area contributed by atoms with Crippen LogP contribution in [0.1, 0.15) is 29.9 Å². The lowest BCUT2D eigenvalue weighted by Crippen LogP contribution is -2.22. The number of hydrogen-bond acceptors (Lipinski definition) is 3. The fraction of sp³-hybridized carbons (Fsp3) is 0.375. The largest absolute Gasteiger partial charge is 0.493 e. The second-order valence-corrected chi connectivity index (χ2v) is 4.86. The molecule has 0 saturated heterocycles. The van der Waals surface area contributed by atoms with Crippen molar-refractivity contribution in [2.24, 2.45) is 0 Å². The molecule has 2 aromatic rings. The maximum atomic E-state index is 5.56. The summed E-state index contributed by atoms with van der Waals surface area (Å²) < 4.78 is 11.0. The molecule has 0 bridgehead atoms. The van der Waals surface area contributed by atoms with E-state index in [0.29, 0.717) is 6.04 Å². The van der Waals surface area contributed by atoms with E-state index in [2.05, 4.69) is 30.4 Å². The summed E-state index contributed by atoms with van der Waals surface area (Å²) in [6, 6.07) is 10.8. The molecule has 1 aromatic heterocycles. The molecule has 0 radical (unpaired) electrons. The minimum atomic E-state index is 0.294. The Morgan fingerprint density at radius 2 is 2.26 bits per heavy atom. The Balaban J connectivity index is 1.83. The zero-order chi connectivity index (χ0) is 13.1. The van der Waals surface area contributed by atoms with E-state index in [-0.39, 0.29) is 0 Å². The monoisotopic (exact) mass is 257 g/mol. The minimum absolute atomic E-state index is 0.294. The molecule has 2 heterocycles. The van der Waals surface area contributed by atoms with E-state index in [1.807, 2.05) is 12.1 Å². The molecule has 3 rings (SSSR count). The van der Waals surface area contributed by atoms with Gasteiger partial charge >= 0.3 is 0 Å². The quantitative estimate of drug-likeness (QED) is 0.893. The number of likely N-dealkylation sites (N-methyl/N-ethyl adjacent to an activating group) is 1. The molecule has 3 heteroatoms. The molecular weight excluding hydrogens is 238 g/mol. The fourth-order valence-electron chi connectivity index (χ4n) is 2.61. The van der Waals surface area contributed by atoms with E-state index in [1.54, 1.807) is 6.26 Å². The number of furan rings is 1. The summed E-state index contributed by atoms with van der Waals surface area (Å²) in [4.78, 5) is 0. The van der Waals surface area contributed by atoms with E-state index in [1.165, 1.54) is 11.1 Å². The zero-order valence-electron chi connectivity index (χ0n) is 11.2. The summed E-state index contributed by atoms with van der Waals surface area (Å²) in [6.07, 6.45) is 3.62. The van der Waals surface area contributed by atoms with Crippen molar-refractivity contribution in [1.29, 1.82) is 0 Å². The first kappa shape index (κ1) is 12.3. The smallest absolute Gasteiger partial charge is 0.122 e. The van der Waals surface area contributed by atoms with Crippen molar-refractivity contribution in [3.05, 3.63) is 53.5 Å². The molecule has 1 aromatic carbocycles. The zero-order valence-corrected chi connectivity index (χ0v) is 11.2. The highest BCUT2D eigenvalue weighted by Gasteiger charge is 2.17. The highest BCUT2D eigenvalue weighted by Crippen LogP contribution is 2.29. The summed E-state index contributed by atoms with van der Waals surface area (Å²) in [5.41, 5.74) is 2.63. The van der Waals surface area contributed by atoms with Gasteiger partial charge in [-0.05, 0) is 35.9 Å². The van der Waals surface area contributed by atoms with Crippen LogP contribution in [0, 0.1) is 0 Å². The van der Waals surface area contributed by atoms with Gasteiger partial charge in [-0.15, -0.1) is 0 Å². The molecule has 0 fully saturated rings. The van der Waals surface area contributed by atoms with Gasteiger partial charge in [0, 0.05) is 18.9 Å². The van der Waals surface area contributed by atoms with Crippen molar-refractivity contribution in [3.8, 4) is 5.75 Å². The van der Waals surface area contributed by atoms with Crippen molar-refractivity contribution in [2.75, 3.05) is 13.2 Å². The van der Waals surface area contributed by atoms with E-state index in [0.717, 1.165) is 37.5 Å².